The van der Waals surface area contributed by atoms with Gasteiger partial charge in [-0.15, -0.1) is 0 Å². The molecule has 0 amide bonds. The SMILES string of the molecule is COc1cc(-c2nc3cc(Br)cc(N)c3o2)ccc1F. The monoisotopic (exact) mass is 336 g/mol. The van der Waals surface area contributed by atoms with Gasteiger partial charge in [0.15, 0.2) is 17.1 Å². The first-order chi connectivity index (χ1) is 9.58. The van der Waals surface area contributed by atoms with E-state index in [9.17, 15) is 4.39 Å². The van der Waals surface area contributed by atoms with Gasteiger partial charge in [0, 0.05) is 10.0 Å². The van der Waals surface area contributed by atoms with E-state index >= 15 is 0 Å². The number of nitrogen functional groups attached to an aromatic ring is 1. The first-order valence-electron chi connectivity index (χ1n) is 5.78. The lowest BCUT2D eigenvalue weighted by molar-refractivity contribution is 0.386. The van der Waals surface area contributed by atoms with Crippen molar-refractivity contribution >= 4 is 32.7 Å². The number of benzene rings is 2. The Morgan fingerprint density at radius 3 is 2.85 bits per heavy atom. The molecule has 0 unspecified atom stereocenters. The summed E-state index contributed by atoms with van der Waals surface area (Å²) in [6.45, 7) is 0. The van der Waals surface area contributed by atoms with Crippen LogP contribution in [0, 0.1) is 5.82 Å². The zero-order valence-electron chi connectivity index (χ0n) is 10.5. The van der Waals surface area contributed by atoms with Gasteiger partial charge in [-0.2, -0.15) is 0 Å². The van der Waals surface area contributed by atoms with Crippen LogP contribution in [0.1, 0.15) is 0 Å². The fourth-order valence-electron chi connectivity index (χ4n) is 1.94. The van der Waals surface area contributed by atoms with E-state index < -0.39 is 5.82 Å². The second-order valence-corrected chi connectivity index (χ2v) is 5.13. The Kier molecular flexibility index (Phi) is 3.10. The quantitative estimate of drug-likeness (QED) is 0.719. The molecular formula is C14H10BrFN2O2. The molecule has 0 atom stereocenters. The van der Waals surface area contributed by atoms with Crippen LogP contribution in [0.4, 0.5) is 10.1 Å². The third kappa shape index (κ3) is 2.12. The van der Waals surface area contributed by atoms with Gasteiger partial charge < -0.3 is 14.9 Å². The molecule has 2 N–H and O–H groups in total. The van der Waals surface area contributed by atoms with Crippen LogP contribution in [-0.2, 0) is 0 Å². The molecule has 4 nitrogen and oxygen atoms in total. The molecule has 0 aliphatic heterocycles. The van der Waals surface area contributed by atoms with Crippen molar-refractivity contribution in [3.05, 3.63) is 40.6 Å². The van der Waals surface area contributed by atoms with Crippen molar-refractivity contribution in [2.45, 2.75) is 0 Å². The molecule has 0 spiro atoms. The van der Waals surface area contributed by atoms with Crippen LogP contribution < -0.4 is 10.5 Å². The van der Waals surface area contributed by atoms with Crippen molar-refractivity contribution < 1.29 is 13.5 Å². The van der Waals surface area contributed by atoms with Crippen LogP contribution in [0.15, 0.2) is 39.2 Å². The van der Waals surface area contributed by atoms with Crippen LogP contribution in [-0.4, -0.2) is 12.1 Å². The number of nitrogens with zero attached hydrogens (tertiary/aromatic N) is 1. The van der Waals surface area contributed by atoms with Crippen molar-refractivity contribution in [1.82, 2.24) is 4.98 Å². The molecule has 0 fully saturated rings. The lowest BCUT2D eigenvalue weighted by Crippen LogP contribution is -1.88. The molecule has 0 bridgehead atoms. The number of rotatable bonds is 2. The number of hydrogen-bond acceptors (Lipinski definition) is 4. The number of methoxy groups -OCH3 is 1. The van der Waals surface area contributed by atoms with Gasteiger partial charge in [-0.25, -0.2) is 9.37 Å². The zero-order valence-corrected chi connectivity index (χ0v) is 12.1. The number of fused-ring (bicyclic) bond motifs is 1. The lowest BCUT2D eigenvalue weighted by atomic mass is 10.2. The van der Waals surface area contributed by atoms with Crippen LogP contribution in [0.3, 0.4) is 0 Å². The van der Waals surface area contributed by atoms with Gasteiger partial charge >= 0.3 is 0 Å². The number of halogens is 2. The molecular weight excluding hydrogens is 327 g/mol. The van der Waals surface area contributed by atoms with E-state index in [4.69, 9.17) is 14.9 Å². The van der Waals surface area contributed by atoms with Crippen molar-refractivity contribution in [3.8, 4) is 17.2 Å². The van der Waals surface area contributed by atoms with Crippen molar-refractivity contribution in [2.75, 3.05) is 12.8 Å². The summed E-state index contributed by atoms with van der Waals surface area (Å²) < 4.78 is 24.8. The van der Waals surface area contributed by atoms with Crippen molar-refractivity contribution in [2.24, 2.45) is 0 Å². The van der Waals surface area contributed by atoms with Gasteiger partial charge in [-0.05, 0) is 30.3 Å². The Morgan fingerprint density at radius 1 is 1.30 bits per heavy atom. The molecule has 0 saturated heterocycles. The van der Waals surface area contributed by atoms with E-state index in [1.54, 1.807) is 18.2 Å². The molecule has 1 heterocycles. The minimum Gasteiger partial charge on any atom is -0.494 e. The highest BCUT2D eigenvalue weighted by Crippen LogP contribution is 2.32. The maximum absolute atomic E-state index is 13.4. The van der Waals surface area contributed by atoms with Crippen LogP contribution in [0.25, 0.3) is 22.6 Å². The summed E-state index contributed by atoms with van der Waals surface area (Å²) in [4.78, 5) is 4.36. The average molecular weight is 337 g/mol. The van der Waals surface area contributed by atoms with E-state index in [-0.39, 0.29) is 5.75 Å². The minimum atomic E-state index is -0.436. The van der Waals surface area contributed by atoms with E-state index in [1.807, 2.05) is 0 Å². The van der Waals surface area contributed by atoms with Gasteiger partial charge in [0.1, 0.15) is 5.52 Å². The van der Waals surface area contributed by atoms with E-state index in [0.29, 0.717) is 28.2 Å². The van der Waals surface area contributed by atoms with Crippen LogP contribution >= 0.6 is 15.9 Å². The first kappa shape index (κ1) is 12.9. The van der Waals surface area contributed by atoms with Gasteiger partial charge in [-0.1, -0.05) is 15.9 Å². The zero-order chi connectivity index (χ0) is 14.3. The molecule has 6 heteroatoms. The number of oxazole rings is 1. The number of ether oxygens (including phenoxy) is 1. The first-order valence-corrected chi connectivity index (χ1v) is 6.57. The Morgan fingerprint density at radius 2 is 2.10 bits per heavy atom. The van der Waals surface area contributed by atoms with Crippen molar-refractivity contribution in [1.29, 1.82) is 0 Å². The largest absolute Gasteiger partial charge is 0.494 e. The Bertz CT molecular complexity index is 801. The average Bonchev–Trinajstić information content (AvgIpc) is 2.83. The second-order valence-electron chi connectivity index (χ2n) is 4.21. The summed E-state index contributed by atoms with van der Waals surface area (Å²) in [7, 11) is 1.41. The van der Waals surface area contributed by atoms with Gasteiger partial charge in [0.05, 0.1) is 12.8 Å². The highest BCUT2D eigenvalue weighted by Gasteiger charge is 2.13. The number of aromatic nitrogens is 1. The van der Waals surface area contributed by atoms with Crippen molar-refractivity contribution in [3.63, 3.8) is 0 Å². The highest BCUT2D eigenvalue weighted by atomic mass is 79.9. The number of anilines is 1. The van der Waals surface area contributed by atoms with Crippen LogP contribution in [0.5, 0.6) is 5.75 Å². The summed E-state index contributed by atoms with van der Waals surface area (Å²) in [5, 5.41) is 0. The maximum Gasteiger partial charge on any atom is 0.227 e. The Hall–Kier alpha value is -2.08. The second kappa shape index (κ2) is 4.79. The fraction of sp³-hybridized carbons (Fsp3) is 0.0714. The predicted molar refractivity (Wildman–Crippen MR) is 78.1 cm³/mol. The number of nitrogens with two attached hydrogens (primary N) is 1. The molecule has 20 heavy (non-hydrogen) atoms. The molecule has 0 aliphatic carbocycles. The smallest absolute Gasteiger partial charge is 0.227 e. The van der Waals surface area contributed by atoms with Gasteiger partial charge in [0.2, 0.25) is 5.89 Å². The van der Waals surface area contributed by atoms with E-state index in [0.717, 1.165) is 4.47 Å². The normalized spacial score (nSPS) is 10.9. The molecule has 2 aromatic carbocycles. The summed E-state index contributed by atoms with van der Waals surface area (Å²) in [5.74, 6) is 0.0663. The molecule has 0 radical (unpaired) electrons. The summed E-state index contributed by atoms with van der Waals surface area (Å²) >= 11 is 3.35. The topological polar surface area (TPSA) is 61.3 Å². The number of hydrogen-bond donors (Lipinski definition) is 1. The molecule has 1 aromatic heterocycles. The third-order valence-corrected chi connectivity index (χ3v) is 3.34. The minimum absolute atomic E-state index is 0.138. The van der Waals surface area contributed by atoms with E-state index in [1.165, 1.54) is 19.2 Å². The van der Waals surface area contributed by atoms with Crippen LogP contribution in [0.2, 0.25) is 0 Å². The third-order valence-electron chi connectivity index (χ3n) is 2.88. The summed E-state index contributed by atoms with van der Waals surface area (Å²) in [6.07, 6.45) is 0. The Labute approximate surface area is 122 Å². The molecule has 0 saturated carbocycles. The summed E-state index contributed by atoms with van der Waals surface area (Å²) in [5.41, 5.74) is 8.13. The molecule has 102 valence electrons. The standard InChI is InChI=1S/C14H10BrFN2O2/c1-19-12-4-7(2-3-9(12)16)14-18-11-6-8(15)5-10(17)13(11)20-14/h2-6H,17H2,1H3. The molecule has 3 rings (SSSR count). The lowest BCUT2D eigenvalue weighted by Gasteiger charge is -2.02. The molecule has 3 aromatic rings. The highest BCUT2D eigenvalue weighted by molar-refractivity contribution is 9.10. The van der Waals surface area contributed by atoms with E-state index in [2.05, 4.69) is 20.9 Å². The van der Waals surface area contributed by atoms with Gasteiger partial charge in [-0.3, -0.25) is 0 Å². The Balaban J connectivity index is 2.17. The maximum atomic E-state index is 13.4. The fourth-order valence-corrected chi connectivity index (χ4v) is 2.40. The summed E-state index contributed by atoms with van der Waals surface area (Å²) in [6, 6.07) is 7.96. The predicted octanol–water partition coefficient (Wildman–Crippen LogP) is 3.99. The molecule has 0 aliphatic rings. The van der Waals surface area contributed by atoms with Gasteiger partial charge in [0.25, 0.3) is 0 Å².